The normalized spacial score (nSPS) is 23.2. The Bertz CT molecular complexity index is 993. The minimum atomic E-state index is -0.397. The number of hydrogen-bond acceptors (Lipinski definition) is 6. The molecule has 41 heavy (non-hydrogen) atoms. The molecule has 6 heteroatoms. The van der Waals surface area contributed by atoms with Crippen LogP contribution in [0, 0.1) is 11.8 Å². The van der Waals surface area contributed by atoms with E-state index >= 15 is 0 Å². The lowest BCUT2D eigenvalue weighted by atomic mass is 9.78. The highest BCUT2D eigenvalue weighted by Crippen LogP contribution is 2.39. The third-order valence-electron chi connectivity index (χ3n) is 9.36. The highest BCUT2D eigenvalue weighted by molar-refractivity contribution is 5.77. The molecule has 0 amide bonds. The van der Waals surface area contributed by atoms with Crippen LogP contribution in [0.2, 0.25) is 0 Å². The molecule has 224 valence electrons. The van der Waals surface area contributed by atoms with E-state index in [1.165, 1.54) is 11.1 Å². The van der Waals surface area contributed by atoms with Gasteiger partial charge in [-0.2, -0.15) is 0 Å². The van der Waals surface area contributed by atoms with Crippen LogP contribution in [0.25, 0.3) is 0 Å². The summed E-state index contributed by atoms with van der Waals surface area (Å²) in [6, 6.07) is 21.4. The quantitative estimate of drug-likeness (QED) is 0.261. The third kappa shape index (κ3) is 7.78. The number of carbonyl (C=O) groups is 2. The molecule has 2 fully saturated rings. The molecule has 0 bridgehead atoms. The Morgan fingerprint density at radius 1 is 0.683 bits per heavy atom. The average molecular weight is 563 g/mol. The van der Waals surface area contributed by atoms with Crippen molar-refractivity contribution in [3.05, 3.63) is 71.8 Å². The first kappa shape index (κ1) is 31.2. The largest absolute Gasteiger partial charge is 0.466 e. The van der Waals surface area contributed by atoms with Crippen LogP contribution in [0.5, 0.6) is 0 Å². The van der Waals surface area contributed by atoms with E-state index in [0.29, 0.717) is 19.6 Å². The van der Waals surface area contributed by atoms with Crippen molar-refractivity contribution < 1.29 is 19.1 Å². The third-order valence-corrected chi connectivity index (χ3v) is 9.36. The molecule has 6 nitrogen and oxygen atoms in total. The van der Waals surface area contributed by atoms with E-state index in [2.05, 4.69) is 72.2 Å². The molecule has 2 heterocycles. The second kappa shape index (κ2) is 15.5. The van der Waals surface area contributed by atoms with Crippen LogP contribution in [0.3, 0.4) is 0 Å². The maximum Gasteiger partial charge on any atom is 0.310 e. The number of carbonyl (C=O) groups excluding carboxylic acids is 2. The maximum absolute atomic E-state index is 13.8. The first-order valence-corrected chi connectivity index (χ1v) is 15.9. The number of benzene rings is 2. The topological polar surface area (TPSA) is 59.1 Å². The van der Waals surface area contributed by atoms with Crippen LogP contribution < -0.4 is 0 Å². The Morgan fingerprint density at radius 3 is 1.44 bits per heavy atom. The number of piperidine rings is 2. The Hall–Kier alpha value is -2.70. The van der Waals surface area contributed by atoms with Gasteiger partial charge < -0.3 is 9.47 Å². The van der Waals surface area contributed by atoms with Gasteiger partial charge in [-0.3, -0.25) is 19.4 Å². The van der Waals surface area contributed by atoms with Gasteiger partial charge in [-0.05, 0) is 84.0 Å². The molecule has 4 rings (SSSR count). The minimum absolute atomic E-state index is 0.0125. The number of ether oxygens (including phenoxy) is 2. The smallest absolute Gasteiger partial charge is 0.310 e. The zero-order valence-electron chi connectivity index (χ0n) is 25.5. The maximum atomic E-state index is 13.8. The molecular weight excluding hydrogens is 512 g/mol. The van der Waals surface area contributed by atoms with E-state index in [9.17, 15) is 9.59 Å². The first-order chi connectivity index (χ1) is 20.0. The van der Waals surface area contributed by atoms with Crippen molar-refractivity contribution in [2.75, 3.05) is 26.3 Å². The highest BCUT2D eigenvalue weighted by atomic mass is 16.5. The van der Waals surface area contributed by atoms with E-state index in [-0.39, 0.29) is 36.1 Å². The second-order valence-corrected chi connectivity index (χ2v) is 11.7. The van der Waals surface area contributed by atoms with Crippen LogP contribution in [0.1, 0.15) is 95.9 Å². The molecule has 2 aliphatic heterocycles. The van der Waals surface area contributed by atoms with Crippen LogP contribution in [0.15, 0.2) is 60.7 Å². The van der Waals surface area contributed by atoms with E-state index in [1.54, 1.807) is 0 Å². The molecule has 0 spiro atoms. The van der Waals surface area contributed by atoms with Crippen molar-refractivity contribution in [1.29, 1.82) is 0 Å². The summed E-state index contributed by atoms with van der Waals surface area (Å²) in [6.45, 7) is 10.7. The Balaban J connectivity index is 1.67. The molecule has 2 saturated heterocycles. The molecule has 0 aromatic heterocycles. The Kier molecular flexibility index (Phi) is 11.8. The average Bonchev–Trinajstić information content (AvgIpc) is 3.02. The molecule has 0 saturated carbocycles. The zero-order valence-corrected chi connectivity index (χ0v) is 25.5. The van der Waals surface area contributed by atoms with Crippen LogP contribution in [-0.2, 0) is 19.1 Å². The Labute approximate surface area is 247 Å². The lowest BCUT2D eigenvalue weighted by molar-refractivity contribution is -0.158. The molecule has 0 radical (unpaired) electrons. The van der Waals surface area contributed by atoms with Gasteiger partial charge in [0.2, 0.25) is 0 Å². The fourth-order valence-electron chi connectivity index (χ4n) is 7.22. The predicted octanol–water partition coefficient (Wildman–Crippen LogP) is 6.97. The molecule has 2 aromatic rings. The summed E-state index contributed by atoms with van der Waals surface area (Å²) in [5.41, 5.74) is 2.50. The van der Waals surface area contributed by atoms with Crippen LogP contribution in [-0.4, -0.2) is 60.1 Å². The summed E-state index contributed by atoms with van der Waals surface area (Å²) >= 11 is 0. The van der Waals surface area contributed by atoms with Gasteiger partial charge in [-0.1, -0.05) is 73.5 Å². The van der Waals surface area contributed by atoms with Crippen molar-refractivity contribution in [3.8, 4) is 0 Å². The van der Waals surface area contributed by atoms with Crippen molar-refractivity contribution in [2.24, 2.45) is 11.8 Å². The number of esters is 2. The molecule has 2 aromatic carbocycles. The number of nitrogens with zero attached hydrogens (tertiary/aromatic N) is 2. The van der Waals surface area contributed by atoms with Crippen LogP contribution in [0.4, 0.5) is 0 Å². The minimum Gasteiger partial charge on any atom is -0.466 e. The molecule has 2 aliphatic rings. The van der Waals surface area contributed by atoms with E-state index < -0.39 is 11.8 Å². The van der Waals surface area contributed by atoms with Gasteiger partial charge in [0.1, 0.15) is 0 Å². The summed E-state index contributed by atoms with van der Waals surface area (Å²) in [5.74, 6) is -1.16. The summed E-state index contributed by atoms with van der Waals surface area (Å²) in [7, 11) is 0. The monoisotopic (exact) mass is 562 g/mol. The highest BCUT2D eigenvalue weighted by Gasteiger charge is 2.44. The lowest BCUT2D eigenvalue weighted by Gasteiger charge is -2.46. The van der Waals surface area contributed by atoms with Gasteiger partial charge in [0.15, 0.2) is 0 Å². The fraction of sp³-hybridized carbons (Fsp3) is 0.600. The molecule has 0 N–H and O–H groups in total. The lowest BCUT2D eigenvalue weighted by Crippen LogP contribution is -2.52. The van der Waals surface area contributed by atoms with E-state index in [1.807, 2.05) is 26.0 Å². The fourth-order valence-corrected chi connectivity index (χ4v) is 7.22. The van der Waals surface area contributed by atoms with Gasteiger partial charge in [0.25, 0.3) is 0 Å². The summed E-state index contributed by atoms with van der Waals surface area (Å²) < 4.78 is 11.5. The molecule has 0 aliphatic carbocycles. The van der Waals surface area contributed by atoms with Gasteiger partial charge in [-0.15, -0.1) is 0 Å². The first-order valence-electron chi connectivity index (χ1n) is 15.9. The van der Waals surface area contributed by atoms with E-state index in [4.69, 9.17) is 9.47 Å². The second-order valence-electron chi connectivity index (χ2n) is 11.7. The van der Waals surface area contributed by atoms with Gasteiger partial charge >= 0.3 is 11.9 Å². The zero-order chi connectivity index (χ0) is 29.2. The molecule has 2 unspecified atom stereocenters. The van der Waals surface area contributed by atoms with Crippen molar-refractivity contribution in [3.63, 3.8) is 0 Å². The SMILES string of the molecule is CCOC(=O)C(C[C@H](C(=O)OCC)[C@H]1CCCCN1[C@@H](C)c1ccccc1)C1CCCCN1[C@H](C)c1ccccc1. The summed E-state index contributed by atoms with van der Waals surface area (Å²) in [5, 5.41) is 0. The molecular formula is C35H50N2O4. The predicted molar refractivity (Wildman–Crippen MR) is 163 cm³/mol. The summed E-state index contributed by atoms with van der Waals surface area (Å²) in [4.78, 5) is 32.5. The standard InChI is InChI=1S/C35H50N2O4/c1-5-40-34(38)30(32-21-13-15-23-36(32)26(3)28-17-9-7-10-18-28)25-31(35(39)41-6-2)33-22-14-16-24-37(33)27(4)29-19-11-8-12-20-29/h7-12,17-20,26-27,30-33H,5-6,13-16,21-25H2,1-4H3/t26-,27+,30-,31?,32+,33?/m0/s1. The van der Waals surface area contributed by atoms with Crippen molar-refractivity contribution >= 4 is 11.9 Å². The van der Waals surface area contributed by atoms with Crippen molar-refractivity contribution in [2.45, 2.75) is 96.8 Å². The van der Waals surface area contributed by atoms with Gasteiger partial charge in [0, 0.05) is 24.2 Å². The Morgan fingerprint density at radius 2 is 1.07 bits per heavy atom. The van der Waals surface area contributed by atoms with Gasteiger partial charge in [-0.25, -0.2) is 0 Å². The van der Waals surface area contributed by atoms with Crippen LogP contribution >= 0.6 is 0 Å². The molecule has 6 atom stereocenters. The number of likely N-dealkylation sites (tertiary alicyclic amines) is 2. The number of rotatable bonds is 12. The number of hydrogen-bond donors (Lipinski definition) is 0. The van der Waals surface area contributed by atoms with Gasteiger partial charge in [0.05, 0.1) is 25.0 Å². The summed E-state index contributed by atoms with van der Waals surface area (Å²) in [6.07, 6.45) is 6.65. The van der Waals surface area contributed by atoms with Crippen molar-refractivity contribution in [1.82, 2.24) is 9.80 Å². The van der Waals surface area contributed by atoms with E-state index in [0.717, 1.165) is 51.6 Å².